The Balaban J connectivity index is 1.98. The van der Waals surface area contributed by atoms with Crippen molar-refractivity contribution in [1.29, 1.82) is 0 Å². The molecular formula is C19H16F4N2O2. The molecule has 1 aliphatic heterocycles. The quantitative estimate of drug-likeness (QED) is 0.805. The molecule has 1 unspecified atom stereocenters. The first-order valence-corrected chi connectivity index (χ1v) is 8.20. The fraction of sp³-hybridized carbons (Fsp3) is 0.263. The molecule has 0 radical (unpaired) electrons. The Morgan fingerprint density at radius 1 is 1.19 bits per heavy atom. The van der Waals surface area contributed by atoms with Gasteiger partial charge in [0.05, 0.1) is 5.71 Å². The maximum Gasteiger partial charge on any atom is 0.422 e. The zero-order valence-corrected chi connectivity index (χ0v) is 14.3. The van der Waals surface area contributed by atoms with E-state index in [0.717, 1.165) is 6.07 Å². The SMILES string of the molecule is CC1CC(=O)NN=C1c1ccc(OCc2ccccc2)c(C(F)(F)F)c1F. The largest absolute Gasteiger partial charge is 0.488 e. The summed E-state index contributed by atoms with van der Waals surface area (Å²) in [4.78, 5) is 11.3. The third-order valence-corrected chi connectivity index (χ3v) is 4.16. The molecular weight excluding hydrogens is 364 g/mol. The van der Waals surface area contributed by atoms with Gasteiger partial charge in [-0.2, -0.15) is 18.3 Å². The molecule has 3 rings (SSSR count). The highest BCUT2D eigenvalue weighted by Crippen LogP contribution is 2.40. The van der Waals surface area contributed by atoms with Crippen LogP contribution in [0.3, 0.4) is 0 Å². The van der Waals surface area contributed by atoms with Crippen molar-refractivity contribution >= 4 is 11.6 Å². The van der Waals surface area contributed by atoms with Crippen molar-refractivity contribution in [3.8, 4) is 5.75 Å². The summed E-state index contributed by atoms with van der Waals surface area (Å²) < 4.78 is 60.6. The molecule has 1 heterocycles. The van der Waals surface area contributed by atoms with Crippen LogP contribution in [0.15, 0.2) is 47.6 Å². The average molecular weight is 380 g/mol. The van der Waals surface area contributed by atoms with Gasteiger partial charge in [-0.05, 0) is 17.7 Å². The van der Waals surface area contributed by atoms with Gasteiger partial charge in [0.2, 0.25) is 5.91 Å². The van der Waals surface area contributed by atoms with Crippen molar-refractivity contribution in [2.45, 2.75) is 26.1 Å². The van der Waals surface area contributed by atoms with Crippen molar-refractivity contribution < 1.29 is 27.1 Å². The van der Waals surface area contributed by atoms with E-state index in [1.807, 2.05) is 0 Å². The van der Waals surface area contributed by atoms with Crippen LogP contribution in [0.4, 0.5) is 17.6 Å². The second-order valence-electron chi connectivity index (χ2n) is 6.21. The number of hydrazone groups is 1. The van der Waals surface area contributed by atoms with Crippen LogP contribution in [-0.4, -0.2) is 11.6 Å². The zero-order chi connectivity index (χ0) is 19.6. The Bertz CT molecular complexity index is 879. The molecule has 142 valence electrons. The van der Waals surface area contributed by atoms with Gasteiger partial charge in [0.15, 0.2) is 0 Å². The number of rotatable bonds is 4. The van der Waals surface area contributed by atoms with Gasteiger partial charge in [-0.1, -0.05) is 37.3 Å². The molecule has 0 saturated heterocycles. The lowest BCUT2D eigenvalue weighted by molar-refractivity contribution is -0.141. The van der Waals surface area contributed by atoms with Gasteiger partial charge in [-0.3, -0.25) is 4.79 Å². The van der Waals surface area contributed by atoms with Gasteiger partial charge in [-0.15, -0.1) is 0 Å². The number of nitrogens with zero attached hydrogens (tertiary/aromatic N) is 1. The number of halogens is 4. The van der Waals surface area contributed by atoms with Crippen LogP contribution in [-0.2, 0) is 17.6 Å². The van der Waals surface area contributed by atoms with E-state index in [9.17, 15) is 22.4 Å². The van der Waals surface area contributed by atoms with Gasteiger partial charge in [0.25, 0.3) is 0 Å². The molecule has 1 N–H and O–H groups in total. The van der Waals surface area contributed by atoms with Gasteiger partial charge in [0, 0.05) is 17.9 Å². The van der Waals surface area contributed by atoms with Crippen LogP contribution in [0.1, 0.15) is 30.0 Å². The van der Waals surface area contributed by atoms with E-state index in [4.69, 9.17) is 4.74 Å². The predicted molar refractivity (Wildman–Crippen MR) is 90.6 cm³/mol. The summed E-state index contributed by atoms with van der Waals surface area (Å²) >= 11 is 0. The van der Waals surface area contributed by atoms with E-state index in [-0.39, 0.29) is 30.2 Å². The smallest absolute Gasteiger partial charge is 0.422 e. The molecule has 1 amide bonds. The van der Waals surface area contributed by atoms with E-state index in [1.54, 1.807) is 37.3 Å². The molecule has 0 aliphatic carbocycles. The first kappa shape index (κ1) is 18.9. The minimum Gasteiger partial charge on any atom is -0.488 e. The number of carbonyl (C=O) groups excluding carboxylic acids is 1. The number of hydrogen-bond acceptors (Lipinski definition) is 3. The highest BCUT2D eigenvalue weighted by Gasteiger charge is 2.40. The topological polar surface area (TPSA) is 50.7 Å². The van der Waals surface area contributed by atoms with Crippen LogP contribution in [0.5, 0.6) is 5.75 Å². The molecule has 0 spiro atoms. The molecule has 2 aromatic carbocycles. The lowest BCUT2D eigenvalue weighted by Crippen LogP contribution is -2.32. The monoisotopic (exact) mass is 380 g/mol. The number of hydrogen-bond donors (Lipinski definition) is 1. The van der Waals surface area contributed by atoms with E-state index >= 15 is 0 Å². The highest BCUT2D eigenvalue weighted by molar-refractivity contribution is 6.06. The third kappa shape index (κ3) is 4.10. The highest BCUT2D eigenvalue weighted by atomic mass is 19.4. The average Bonchev–Trinajstić information content (AvgIpc) is 2.60. The summed E-state index contributed by atoms with van der Waals surface area (Å²) in [6, 6.07) is 10.9. The Labute approximate surface area is 152 Å². The fourth-order valence-corrected chi connectivity index (χ4v) is 2.85. The summed E-state index contributed by atoms with van der Waals surface area (Å²) in [7, 11) is 0. The molecule has 0 saturated carbocycles. The molecule has 1 aliphatic rings. The summed E-state index contributed by atoms with van der Waals surface area (Å²) in [6.07, 6.45) is -4.93. The Morgan fingerprint density at radius 3 is 2.52 bits per heavy atom. The summed E-state index contributed by atoms with van der Waals surface area (Å²) in [5, 5.41) is 3.74. The van der Waals surface area contributed by atoms with Gasteiger partial charge in [0.1, 0.15) is 23.7 Å². The van der Waals surface area contributed by atoms with Crippen molar-refractivity contribution in [3.63, 3.8) is 0 Å². The van der Waals surface area contributed by atoms with Gasteiger partial charge < -0.3 is 4.74 Å². The van der Waals surface area contributed by atoms with Crippen LogP contribution >= 0.6 is 0 Å². The standard InChI is InChI=1S/C19H16F4N2O2/c1-11-9-15(26)24-25-18(11)13-7-8-14(16(17(13)20)19(21,22)23)27-10-12-5-3-2-4-6-12/h2-8,11H,9-10H2,1H3,(H,24,26). The molecule has 27 heavy (non-hydrogen) atoms. The molecule has 4 nitrogen and oxygen atoms in total. The first-order valence-electron chi connectivity index (χ1n) is 8.20. The number of ether oxygens (including phenoxy) is 1. The third-order valence-electron chi connectivity index (χ3n) is 4.16. The maximum atomic E-state index is 14.8. The number of amides is 1. The minimum atomic E-state index is -4.95. The van der Waals surface area contributed by atoms with Gasteiger partial charge in [-0.25, -0.2) is 9.82 Å². The van der Waals surface area contributed by atoms with Crippen LogP contribution < -0.4 is 10.2 Å². The summed E-state index contributed by atoms with van der Waals surface area (Å²) in [5.41, 5.74) is 1.11. The predicted octanol–water partition coefficient (Wildman–Crippen LogP) is 4.28. The van der Waals surface area contributed by atoms with Crippen LogP contribution in [0, 0.1) is 11.7 Å². The Kier molecular flexibility index (Phi) is 5.16. The Morgan fingerprint density at radius 2 is 1.89 bits per heavy atom. The lowest BCUT2D eigenvalue weighted by atomic mass is 9.92. The normalized spacial score (nSPS) is 17.3. The van der Waals surface area contributed by atoms with Crippen molar-refractivity contribution in [3.05, 3.63) is 65.0 Å². The lowest BCUT2D eigenvalue weighted by Gasteiger charge is -2.22. The second kappa shape index (κ2) is 7.38. The van der Waals surface area contributed by atoms with E-state index in [0.29, 0.717) is 5.56 Å². The van der Waals surface area contributed by atoms with E-state index < -0.39 is 29.2 Å². The molecule has 1 atom stereocenters. The van der Waals surface area contributed by atoms with Crippen molar-refractivity contribution in [2.75, 3.05) is 0 Å². The number of benzene rings is 2. The summed E-state index contributed by atoms with van der Waals surface area (Å²) in [6.45, 7) is 1.47. The molecule has 0 bridgehead atoms. The van der Waals surface area contributed by atoms with E-state index in [2.05, 4.69) is 10.5 Å². The molecule has 8 heteroatoms. The molecule has 2 aromatic rings. The van der Waals surface area contributed by atoms with E-state index in [1.165, 1.54) is 6.07 Å². The maximum absolute atomic E-state index is 14.8. The minimum absolute atomic E-state index is 0.0197. The molecule has 0 fully saturated rings. The number of carbonyl (C=O) groups is 1. The van der Waals surface area contributed by atoms with Crippen molar-refractivity contribution in [2.24, 2.45) is 11.0 Å². The number of nitrogens with one attached hydrogen (secondary N) is 1. The second-order valence-corrected chi connectivity index (χ2v) is 6.21. The summed E-state index contributed by atoms with van der Waals surface area (Å²) in [5.74, 6) is -2.94. The fourth-order valence-electron chi connectivity index (χ4n) is 2.85. The zero-order valence-electron chi connectivity index (χ0n) is 14.3. The molecule has 0 aromatic heterocycles. The van der Waals surface area contributed by atoms with Crippen LogP contribution in [0.25, 0.3) is 0 Å². The van der Waals surface area contributed by atoms with Crippen molar-refractivity contribution in [1.82, 2.24) is 5.43 Å². The Hall–Kier alpha value is -2.90. The number of alkyl halides is 3. The first-order chi connectivity index (χ1) is 12.8. The van der Waals surface area contributed by atoms with Crippen LogP contribution in [0.2, 0.25) is 0 Å². The van der Waals surface area contributed by atoms with Gasteiger partial charge >= 0.3 is 6.18 Å².